The topological polar surface area (TPSA) is 92.7 Å². The first-order chi connectivity index (χ1) is 12.5. The van der Waals surface area contributed by atoms with Crippen molar-refractivity contribution in [1.82, 2.24) is 19.7 Å². The standard InChI is InChI=1S/C18H16BrN5O2/c1-10-8-15(21-16(25)11-4-2-5-12(19)9-11)24(23-10)18-20-14-7-3-6-13(14)17(26)22-18/h2,4-5,8-9H,3,6-7H2,1H3,(H,21,25)(H,20,22,26). The molecule has 0 unspecified atom stereocenters. The summed E-state index contributed by atoms with van der Waals surface area (Å²) in [5, 5.41) is 7.21. The van der Waals surface area contributed by atoms with Crippen molar-refractivity contribution in [3.8, 4) is 5.95 Å². The van der Waals surface area contributed by atoms with E-state index in [9.17, 15) is 9.59 Å². The van der Waals surface area contributed by atoms with Gasteiger partial charge in [0.1, 0.15) is 5.82 Å². The van der Waals surface area contributed by atoms with Gasteiger partial charge in [-0.05, 0) is 44.4 Å². The van der Waals surface area contributed by atoms with Gasteiger partial charge in [0.2, 0.25) is 5.95 Å². The molecule has 0 radical (unpaired) electrons. The monoisotopic (exact) mass is 413 g/mol. The minimum absolute atomic E-state index is 0.139. The van der Waals surface area contributed by atoms with Gasteiger partial charge in [0.25, 0.3) is 11.5 Å². The number of hydrogen-bond donors (Lipinski definition) is 2. The van der Waals surface area contributed by atoms with E-state index in [0.717, 1.165) is 35.0 Å². The van der Waals surface area contributed by atoms with E-state index in [4.69, 9.17) is 0 Å². The molecule has 0 aliphatic heterocycles. The number of anilines is 1. The molecule has 0 fully saturated rings. The molecule has 2 aromatic heterocycles. The fourth-order valence-corrected chi connectivity index (χ4v) is 3.50. The first-order valence-corrected chi connectivity index (χ1v) is 9.06. The van der Waals surface area contributed by atoms with Gasteiger partial charge in [-0.3, -0.25) is 14.6 Å². The Morgan fingerprint density at radius 3 is 2.96 bits per heavy atom. The molecule has 1 aliphatic rings. The highest BCUT2D eigenvalue weighted by Crippen LogP contribution is 2.20. The predicted octanol–water partition coefficient (Wildman–Crippen LogP) is 2.77. The van der Waals surface area contributed by atoms with Crippen LogP contribution in [0.25, 0.3) is 5.95 Å². The summed E-state index contributed by atoms with van der Waals surface area (Å²) in [6, 6.07) is 8.84. The molecule has 7 nitrogen and oxygen atoms in total. The highest BCUT2D eigenvalue weighted by atomic mass is 79.9. The van der Waals surface area contributed by atoms with Crippen LogP contribution in [0.5, 0.6) is 0 Å². The molecule has 3 aromatic rings. The van der Waals surface area contributed by atoms with Crippen molar-refractivity contribution < 1.29 is 4.79 Å². The Bertz CT molecular complexity index is 1070. The van der Waals surface area contributed by atoms with Crippen molar-refractivity contribution in [2.24, 2.45) is 0 Å². The number of carbonyl (C=O) groups excluding carboxylic acids is 1. The van der Waals surface area contributed by atoms with Gasteiger partial charge < -0.3 is 5.32 Å². The molecule has 4 rings (SSSR count). The number of halogens is 1. The van der Waals surface area contributed by atoms with Gasteiger partial charge in [0, 0.05) is 21.7 Å². The van der Waals surface area contributed by atoms with Crippen LogP contribution in [0, 0.1) is 6.92 Å². The first kappa shape index (κ1) is 16.7. The zero-order valence-corrected chi connectivity index (χ0v) is 15.6. The van der Waals surface area contributed by atoms with E-state index < -0.39 is 0 Å². The fraction of sp³-hybridized carbons (Fsp3) is 0.222. The molecular weight excluding hydrogens is 398 g/mol. The predicted molar refractivity (Wildman–Crippen MR) is 101 cm³/mol. The third-order valence-electron chi connectivity index (χ3n) is 4.29. The number of carbonyl (C=O) groups is 1. The molecule has 0 bridgehead atoms. The van der Waals surface area contributed by atoms with Gasteiger partial charge in [0.15, 0.2) is 0 Å². The summed E-state index contributed by atoms with van der Waals surface area (Å²) in [4.78, 5) is 32.1. The van der Waals surface area contributed by atoms with Crippen LogP contribution in [0.3, 0.4) is 0 Å². The zero-order valence-electron chi connectivity index (χ0n) is 14.0. The molecule has 0 spiro atoms. The minimum atomic E-state index is -0.268. The molecule has 2 heterocycles. The molecule has 8 heteroatoms. The average Bonchev–Trinajstić information content (AvgIpc) is 3.21. The first-order valence-electron chi connectivity index (χ1n) is 8.27. The van der Waals surface area contributed by atoms with Crippen LogP contribution < -0.4 is 10.9 Å². The van der Waals surface area contributed by atoms with Crippen molar-refractivity contribution >= 4 is 27.7 Å². The number of H-pyrrole nitrogens is 1. The van der Waals surface area contributed by atoms with Crippen molar-refractivity contribution in [2.45, 2.75) is 26.2 Å². The van der Waals surface area contributed by atoms with Gasteiger partial charge >= 0.3 is 0 Å². The molecule has 0 saturated heterocycles. The van der Waals surface area contributed by atoms with Crippen LogP contribution in [0.4, 0.5) is 5.82 Å². The Balaban J connectivity index is 1.71. The zero-order chi connectivity index (χ0) is 18.3. The van der Waals surface area contributed by atoms with Crippen LogP contribution in [-0.4, -0.2) is 25.7 Å². The Labute approximate surface area is 157 Å². The van der Waals surface area contributed by atoms with Gasteiger partial charge in [-0.2, -0.15) is 9.78 Å². The van der Waals surface area contributed by atoms with E-state index in [0.29, 0.717) is 23.0 Å². The largest absolute Gasteiger partial charge is 0.306 e. The normalized spacial score (nSPS) is 12.8. The third-order valence-corrected chi connectivity index (χ3v) is 4.78. The molecule has 132 valence electrons. The number of aryl methyl sites for hydroxylation is 2. The number of fused-ring (bicyclic) bond motifs is 1. The summed E-state index contributed by atoms with van der Waals surface area (Å²) in [5.74, 6) is 0.498. The van der Waals surface area contributed by atoms with Gasteiger partial charge in [-0.1, -0.05) is 22.0 Å². The highest BCUT2D eigenvalue weighted by molar-refractivity contribution is 9.10. The summed E-state index contributed by atoms with van der Waals surface area (Å²) in [6.45, 7) is 1.82. The number of nitrogens with one attached hydrogen (secondary N) is 2. The minimum Gasteiger partial charge on any atom is -0.306 e. The summed E-state index contributed by atoms with van der Waals surface area (Å²) >= 11 is 3.36. The maximum absolute atomic E-state index is 12.5. The Hall–Kier alpha value is -2.74. The van der Waals surface area contributed by atoms with E-state index in [-0.39, 0.29) is 11.5 Å². The molecule has 1 aromatic carbocycles. The number of aromatic nitrogens is 4. The van der Waals surface area contributed by atoms with E-state index in [1.807, 2.05) is 13.0 Å². The van der Waals surface area contributed by atoms with Gasteiger partial charge in [0.05, 0.1) is 11.4 Å². The van der Waals surface area contributed by atoms with Crippen molar-refractivity contribution in [2.75, 3.05) is 5.32 Å². The second kappa shape index (κ2) is 6.53. The fourth-order valence-electron chi connectivity index (χ4n) is 3.10. The Kier molecular flexibility index (Phi) is 4.20. The van der Waals surface area contributed by atoms with E-state index >= 15 is 0 Å². The lowest BCUT2D eigenvalue weighted by Crippen LogP contribution is -2.21. The summed E-state index contributed by atoms with van der Waals surface area (Å²) in [7, 11) is 0. The van der Waals surface area contributed by atoms with Crippen molar-refractivity contribution in [3.63, 3.8) is 0 Å². The van der Waals surface area contributed by atoms with Gasteiger partial charge in [-0.25, -0.2) is 4.98 Å². The maximum Gasteiger partial charge on any atom is 0.256 e. The second-order valence-electron chi connectivity index (χ2n) is 6.22. The molecule has 1 amide bonds. The van der Waals surface area contributed by atoms with Gasteiger partial charge in [-0.15, -0.1) is 0 Å². The summed E-state index contributed by atoms with van der Waals surface area (Å²) < 4.78 is 2.28. The SMILES string of the molecule is Cc1cc(NC(=O)c2cccc(Br)c2)n(-c2nc3c(c(=O)[nH]2)CCC3)n1. The molecule has 26 heavy (non-hydrogen) atoms. The number of rotatable bonds is 3. The number of amides is 1. The highest BCUT2D eigenvalue weighted by Gasteiger charge is 2.20. The van der Waals surface area contributed by atoms with Crippen molar-refractivity contribution in [1.29, 1.82) is 0 Å². The van der Waals surface area contributed by atoms with E-state index in [1.165, 1.54) is 4.68 Å². The Morgan fingerprint density at radius 2 is 2.15 bits per heavy atom. The van der Waals surface area contributed by atoms with Crippen LogP contribution in [0.1, 0.15) is 33.7 Å². The number of aromatic amines is 1. The van der Waals surface area contributed by atoms with Crippen LogP contribution >= 0.6 is 15.9 Å². The average molecular weight is 414 g/mol. The van der Waals surface area contributed by atoms with Crippen molar-refractivity contribution in [3.05, 3.63) is 67.7 Å². The van der Waals surface area contributed by atoms with Crippen LogP contribution in [-0.2, 0) is 12.8 Å². The molecule has 0 saturated carbocycles. The smallest absolute Gasteiger partial charge is 0.256 e. The number of benzene rings is 1. The number of nitrogens with zero attached hydrogens (tertiary/aromatic N) is 3. The van der Waals surface area contributed by atoms with E-state index in [1.54, 1.807) is 24.3 Å². The maximum atomic E-state index is 12.5. The van der Waals surface area contributed by atoms with E-state index in [2.05, 4.69) is 36.3 Å². The van der Waals surface area contributed by atoms with Crippen LogP contribution in [0.2, 0.25) is 0 Å². The molecule has 1 aliphatic carbocycles. The van der Waals surface area contributed by atoms with Crippen LogP contribution in [0.15, 0.2) is 39.6 Å². The lowest BCUT2D eigenvalue weighted by atomic mass is 10.2. The third kappa shape index (κ3) is 3.08. The lowest BCUT2D eigenvalue weighted by molar-refractivity contribution is 0.102. The second-order valence-corrected chi connectivity index (χ2v) is 7.13. The Morgan fingerprint density at radius 1 is 1.31 bits per heavy atom. The summed E-state index contributed by atoms with van der Waals surface area (Å²) in [5.41, 5.74) is 2.64. The molecular formula is C18H16BrN5O2. The lowest BCUT2D eigenvalue weighted by Gasteiger charge is -2.09. The molecule has 0 atom stereocenters. The quantitative estimate of drug-likeness (QED) is 0.690. The number of hydrogen-bond acceptors (Lipinski definition) is 4. The molecule has 2 N–H and O–H groups in total. The summed E-state index contributed by atoms with van der Waals surface area (Å²) in [6.07, 6.45) is 2.47.